The van der Waals surface area contributed by atoms with Crippen LogP contribution in [-0.2, 0) is 19.1 Å². The molecule has 270 valence electrons. The molecule has 1 atom stereocenters. The van der Waals surface area contributed by atoms with Crippen molar-refractivity contribution in [2.45, 2.75) is 213 Å². The van der Waals surface area contributed by atoms with Gasteiger partial charge in [-0.3, -0.25) is 9.59 Å². The predicted molar refractivity (Wildman–Crippen MR) is 196 cm³/mol. The summed E-state index contributed by atoms with van der Waals surface area (Å²) < 4.78 is 10.6. The van der Waals surface area contributed by atoms with Gasteiger partial charge in [0, 0.05) is 12.8 Å². The molecule has 5 heteroatoms. The van der Waals surface area contributed by atoms with Crippen molar-refractivity contribution in [3.63, 3.8) is 0 Å². The van der Waals surface area contributed by atoms with E-state index in [1.54, 1.807) is 0 Å². The Bertz CT molecular complexity index is 701. The highest BCUT2D eigenvalue weighted by atomic mass is 16.6. The van der Waals surface area contributed by atoms with Gasteiger partial charge in [-0.1, -0.05) is 154 Å². The van der Waals surface area contributed by atoms with Gasteiger partial charge in [-0.15, -0.1) is 0 Å². The quantitative estimate of drug-likeness (QED) is 0.0416. The maximum Gasteiger partial charge on any atom is 0.306 e. The summed E-state index contributed by atoms with van der Waals surface area (Å²) >= 11 is 0. The largest absolute Gasteiger partial charge is 0.462 e. The van der Waals surface area contributed by atoms with Gasteiger partial charge in [0.2, 0.25) is 0 Å². The molecule has 0 saturated heterocycles. The second-order valence-corrected chi connectivity index (χ2v) is 13.4. The lowest BCUT2D eigenvalue weighted by Gasteiger charge is -2.15. The Labute approximate surface area is 285 Å². The molecule has 0 fully saturated rings. The van der Waals surface area contributed by atoms with Crippen LogP contribution in [0.25, 0.3) is 0 Å². The molecule has 0 aromatic carbocycles. The number of rotatable bonds is 36. The molecule has 0 unspecified atom stereocenters. The summed E-state index contributed by atoms with van der Waals surface area (Å²) in [4.78, 5) is 24.2. The molecule has 1 N–H and O–H groups in total. The Morgan fingerprint density at radius 3 is 1.20 bits per heavy atom. The Balaban J connectivity index is 3.55. The lowest BCUT2D eigenvalue weighted by atomic mass is 10.1. The number of carbonyl (C=O) groups is 2. The van der Waals surface area contributed by atoms with Crippen molar-refractivity contribution in [3.05, 3.63) is 24.3 Å². The van der Waals surface area contributed by atoms with Crippen LogP contribution < -0.4 is 0 Å². The van der Waals surface area contributed by atoms with Gasteiger partial charge in [-0.2, -0.15) is 0 Å². The van der Waals surface area contributed by atoms with Gasteiger partial charge in [0.1, 0.15) is 6.61 Å². The number of ether oxygens (including phenoxy) is 2. The average molecular weight is 649 g/mol. The van der Waals surface area contributed by atoms with E-state index in [1.807, 2.05) is 0 Å². The summed E-state index contributed by atoms with van der Waals surface area (Å²) in [5.74, 6) is -0.596. The highest BCUT2D eigenvalue weighted by Gasteiger charge is 2.16. The third-order valence-electron chi connectivity index (χ3n) is 8.72. The lowest BCUT2D eigenvalue weighted by Crippen LogP contribution is -2.28. The number of hydrogen-bond acceptors (Lipinski definition) is 5. The first-order valence-electron chi connectivity index (χ1n) is 19.9. The molecule has 0 aromatic rings. The number of carbonyl (C=O) groups excluding carboxylic acids is 2. The highest BCUT2D eigenvalue weighted by molar-refractivity contribution is 5.70. The van der Waals surface area contributed by atoms with E-state index in [2.05, 4.69) is 38.2 Å². The highest BCUT2D eigenvalue weighted by Crippen LogP contribution is 2.13. The summed E-state index contributed by atoms with van der Waals surface area (Å²) in [7, 11) is 0. The minimum Gasteiger partial charge on any atom is -0.462 e. The van der Waals surface area contributed by atoms with Crippen LogP contribution >= 0.6 is 0 Å². The number of allylic oxidation sites excluding steroid dienone is 4. The molecule has 0 aromatic heterocycles. The normalized spacial score (nSPS) is 12.3. The van der Waals surface area contributed by atoms with Crippen LogP contribution in [0.2, 0.25) is 0 Å². The molecule has 46 heavy (non-hydrogen) atoms. The Morgan fingerprint density at radius 1 is 0.478 bits per heavy atom. The number of hydrogen-bond donors (Lipinski definition) is 1. The van der Waals surface area contributed by atoms with Crippen molar-refractivity contribution >= 4 is 11.9 Å². The number of esters is 2. The third kappa shape index (κ3) is 35.2. The van der Waals surface area contributed by atoms with Crippen molar-refractivity contribution < 1.29 is 24.2 Å². The van der Waals surface area contributed by atoms with Gasteiger partial charge in [0.05, 0.1) is 6.61 Å². The van der Waals surface area contributed by atoms with Gasteiger partial charge >= 0.3 is 11.9 Å². The second-order valence-electron chi connectivity index (χ2n) is 13.4. The van der Waals surface area contributed by atoms with E-state index in [9.17, 15) is 14.7 Å². The third-order valence-corrected chi connectivity index (χ3v) is 8.72. The standard InChI is InChI=1S/C41H76O5/c1-3-5-7-9-11-13-15-17-19-20-22-24-26-28-30-32-34-36-41(44)46-39(37-42)38-45-40(43)35-33-31-29-27-25-23-21-18-16-14-12-10-8-6-4-2/h14,16-17,19,39,42H,3-13,15,18,20-38H2,1-2H3/t39-/m0/s1. The van der Waals surface area contributed by atoms with Crippen LogP contribution in [-0.4, -0.2) is 36.4 Å². The summed E-state index contributed by atoms with van der Waals surface area (Å²) in [5, 5.41) is 9.55. The zero-order chi connectivity index (χ0) is 33.6. The molecule has 0 aliphatic rings. The summed E-state index contributed by atoms with van der Waals surface area (Å²) in [6.07, 6.45) is 43.8. The molecule has 0 aliphatic carbocycles. The molecule has 0 heterocycles. The molecule has 0 aliphatic heterocycles. The number of aliphatic hydroxyl groups is 1. The van der Waals surface area contributed by atoms with Crippen LogP contribution in [0.5, 0.6) is 0 Å². The fraction of sp³-hybridized carbons (Fsp3) is 0.854. The molecular formula is C41H76O5. The maximum atomic E-state index is 12.2. The number of aliphatic hydroxyl groups excluding tert-OH is 1. The van der Waals surface area contributed by atoms with E-state index in [0.29, 0.717) is 12.8 Å². The molecular weight excluding hydrogens is 572 g/mol. The van der Waals surface area contributed by atoms with Crippen LogP contribution in [0.15, 0.2) is 24.3 Å². The zero-order valence-corrected chi connectivity index (χ0v) is 30.6. The molecule has 5 nitrogen and oxygen atoms in total. The Hall–Kier alpha value is -1.62. The van der Waals surface area contributed by atoms with Gasteiger partial charge in [-0.05, 0) is 64.2 Å². The molecule has 0 spiro atoms. The van der Waals surface area contributed by atoms with Crippen molar-refractivity contribution in [1.82, 2.24) is 0 Å². The van der Waals surface area contributed by atoms with Crippen molar-refractivity contribution in [2.75, 3.05) is 13.2 Å². The van der Waals surface area contributed by atoms with E-state index >= 15 is 0 Å². The van der Waals surface area contributed by atoms with E-state index in [4.69, 9.17) is 9.47 Å². The van der Waals surface area contributed by atoms with Crippen LogP contribution in [0.1, 0.15) is 206 Å². The van der Waals surface area contributed by atoms with E-state index < -0.39 is 6.10 Å². The minimum atomic E-state index is -0.771. The first kappa shape index (κ1) is 44.4. The predicted octanol–water partition coefficient (Wildman–Crippen LogP) is 12.3. The van der Waals surface area contributed by atoms with Crippen molar-refractivity contribution in [1.29, 1.82) is 0 Å². The van der Waals surface area contributed by atoms with Gasteiger partial charge in [0.15, 0.2) is 6.10 Å². The van der Waals surface area contributed by atoms with Gasteiger partial charge in [0.25, 0.3) is 0 Å². The van der Waals surface area contributed by atoms with Gasteiger partial charge < -0.3 is 14.6 Å². The molecule has 0 radical (unpaired) electrons. The Morgan fingerprint density at radius 2 is 0.804 bits per heavy atom. The van der Waals surface area contributed by atoms with E-state index in [1.165, 1.54) is 141 Å². The molecule has 0 saturated carbocycles. The number of unbranched alkanes of at least 4 members (excludes halogenated alkanes) is 24. The first-order valence-corrected chi connectivity index (χ1v) is 19.9. The lowest BCUT2D eigenvalue weighted by molar-refractivity contribution is -0.161. The first-order chi connectivity index (χ1) is 22.6. The van der Waals surface area contributed by atoms with E-state index in [-0.39, 0.29) is 25.2 Å². The van der Waals surface area contributed by atoms with Crippen LogP contribution in [0.3, 0.4) is 0 Å². The second kappa shape index (κ2) is 37.8. The summed E-state index contributed by atoms with van der Waals surface area (Å²) in [6.45, 7) is 4.12. The van der Waals surface area contributed by atoms with Crippen molar-refractivity contribution in [2.24, 2.45) is 0 Å². The van der Waals surface area contributed by atoms with E-state index in [0.717, 1.165) is 38.5 Å². The smallest absolute Gasteiger partial charge is 0.306 e. The maximum absolute atomic E-state index is 12.2. The average Bonchev–Trinajstić information content (AvgIpc) is 3.06. The Kier molecular flexibility index (Phi) is 36.5. The van der Waals surface area contributed by atoms with Crippen LogP contribution in [0.4, 0.5) is 0 Å². The minimum absolute atomic E-state index is 0.0670. The summed E-state index contributed by atoms with van der Waals surface area (Å²) in [5.41, 5.74) is 0. The zero-order valence-electron chi connectivity index (χ0n) is 30.6. The molecule has 0 bridgehead atoms. The van der Waals surface area contributed by atoms with Crippen LogP contribution in [0, 0.1) is 0 Å². The summed E-state index contributed by atoms with van der Waals surface area (Å²) in [6, 6.07) is 0. The van der Waals surface area contributed by atoms with Crippen molar-refractivity contribution in [3.8, 4) is 0 Å². The fourth-order valence-electron chi connectivity index (χ4n) is 5.66. The fourth-order valence-corrected chi connectivity index (χ4v) is 5.66. The monoisotopic (exact) mass is 649 g/mol. The molecule has 0 rings (SSSR count). The molecule has 0 amide bonds. The SMILES string of the molecule is CCCCCCC=CCCCCCCCCCC(=O)OC[C@H](CO)OC(=O)CCCCCCCCCC=CCCCCCCCC. The van der Waals surface area contributed by atoms with Gasteiger partial charge in [-0.25, -0.2) is 0 Å². The topological polar surface area (TPSA) is 72.8 Å².